The van der Waals surface area contributed by atoms with Gasteiger partial charge < -0.3 is 10.1 Å². The summed E-state index contributed by atoms with van der Waals surface area (Å²) in [5, 5.41) is 2.68. The van der Waals surface area contributed by atoms with Gasteiger partial charge in [-0.25, -0.2) is 4.39 Å². The number of halogens is 1. The number of ketones is 1. The quantitative estimate of drug-likeness (QED) is 0.670. The van der Waals surface area contributed by atoms with E-state index in [0.717, 1.165) is 31.7 Å². The molecule has 1 amide bonds. The molecule has 19 heavy (non-hydrogen) atoms. The van der Waals surface area contributed by atoms with Crippen LogP contribution in [-0.2, 0) is 4.79 Å². The van der Waals surface area contributed by atoms with E-state index in [0.29, 0.717) is 0 Å². The van der Waals surface area contributed by atoms with E-state index in [4.69, 9.17) is 4.74 Å². The molecule has 1 aromatic carbocycles. The molecule has 102 valence electrons. The maximum absolute atomic E-state index is 13.5. The lowest BCUT2D eigenvalue weighted by Crippen LogP contribution is -2.37. The van der Waals surface area contributed by atoms with Crippen LogP contribution in [0.25, 0.3) is 0 Å². The zero-order chi connectivity index (χ0) is 13.8. The first-order chi connectivity index (χ1) is 9.11. The van der Waals surface area contributed by atoms with Crippen LogP contribution in [0.5, 0.6) is 5.75 Å². The second kappa shape index (κ2) is 5.82. The predicted molar refractivity (Wildman–Crippen MR) is 67.7 cm³/mol. The van der Waals surface area contributed by atoms with Gasteiger partial charge in [0.15, 0.2) is 11.6 Å². The lowest BCUT2D eigenvalue weighted by atomic mass is 10.1. The summed E-state index contributed by atoms with van der Waals surface area (Å²) in [6.45, 7) is 0. The van der Waals surface area contributed by atoms with E-state index < -0.39 is 17.5 Å². The van der Waals surface area contributed by atoms with E-state index in [1.165, 1.54) is 19.2 Å². The molecule has 0 aromatic heterocycles. The Morgan fingerprint density at radius 2 is 2.00 bits per heavy atom. The molecule has 1 aliphatic rings. The monoisotopic (exact) mass is 265 g/mol. The van der Waals surface area contributed by atoms with Crippen LogP contribution in [0, 0.1) is 5.82 Å². The molecule has 0 saturated heterocycles. The standard InChI is InChI=1S/C14H16FNO3/c1-19-12-7-6-9(8-11(12)15)13(17)14(18)16-10-4-2-3-5-10/h6-8,10H,2-5H2,1H3,(H,16,18). The molecule has 0 heterocycles. The first-order valence-electron chi connectivity index (χ1n) is 6.30. The topological polar surface area (TPSA) is 55.4 Å². The number of Topliss-reactive ketones (excluding diaryl/α,β-unsaturated/α-hetero) is 1. The Bertz CT molecular complexity index is 495. The largest absolute Gasteiger partial charge is 0.494 e. The van der Waals surface area contributed by atoms with Crippen LogP contribution in [0.2, 0.25) is 0 Å². The molecule has 2 rings (SSSR count). The van der Waals surface area contributed by atoms with Crippen LogP contribution >= 0.6 is 0 Å². The maximum Gasteiger partial charge on any atom is 0.292 e. The van der Waals surface area contributed by atoms with Gasteiger partial charge in [0.05, 0.1) is 7.11 Å². The van der Waals surface area contributed by atoms with E-state index in [2.05, 4.69) is 5.32 Å². The van der Waals surface area contributed by atoms with E-state index in [-0.39, 0.29) is 17.4 Å². The first-order valence-corrected chi connectivity index (χ1v) is 6.30. The predicted octanol–water partition coefficient (Wildman–Crippen LogP) is 2.08. The fraction of sp³-hybridized carbons (Fsp3) is 0.429. The van der Waals surface area contributed by atoms with Gasteiger partial charge in [0, 0.05) is 11.6 Å². The number of methoxy groups -OCH3 is 1. The highest BCUT2D eigenvalue weighted by Crippen LogP contribution is 2.19. The van der Waals surface area contributed by atoms with Gasteiger partial charge >= 0.3 is 0 Å². The van der Waals surface area contributed by atoms with E-state index in [1.807, 2.05) is 0 Å². The molecule has 0 radical (unpaired) electrons. The second-order valence-electron chi connectivity index (χ2n) is 4.63. The van der Waals surface area contributed by atoms with Crippen molar-refractivity contribution in [1.82, 2.24) is 5.32 Å². The minimum atomic E-state index is -0.714. The molecule has 5 heteroatoms. The summed E-state index contributed by atoms with van der Waals surface area (Å²) in [4.78, 5) is 23.6. The average molecular weight is 265 g/mol. The molecule has 0 bridgehead atoms. The first kappa shape index (κ1) is 13.5. The third-order valence-corrected chi connectivity index (χ3v) is 3.31. The smallest absolute Gasteiger partial charge is 0.292 e. The Hall–Kier alpha value is -1.91. The number of ether oxygens (including phenoxy) is 1. The van der Waals surface area contributed by atoms with E-state index in [9.17, 15) is 14.0 Å². The number of amides is 1. The molecular weight excluding hydrogens is 249 g/mol. The Kier molecular flexibility index (Phi) is 4.14. The number of rotatable bonds is 4. The highest BCUT2D eigenvalue weighted by Gasteiger charge is 2.23. The Morgan fingerprint density at radius 3 is 2.58 bits per heavy atom. The summed E-state index contributed by atoms with van der Waals surface area (Å²) in [5.41, 5.74) is 0.0359. The lowest BCUT2D eigenvalue weighted by Gasteiger charge is -2.11. The maximum atomic E-state index is 13.5. The lowest BCUT2D eigenvalue weighted by molar-refractivity contribution is -0.117. The highest BCUT2D eigenvalue weighted by atomic mass is 19.1. The van der Waals surface area contributed by atoms with Crippen LogP contribution in [0.3, 0.4) is 0 Å². The summed E-state index contributed by atoms with van der Waals surface area (Å²) in [6.07, 6.45) is 3.93. The van der Waals surface area contributed by atoms with Crippen molar-refractivity contribution < 1.29 is 18.7 Å². The van der Waals surface area contributed by atoms with Gasteiger partial charge in [0.25, 0.3) is 5.91 Å². The van der Waals surface area contributed by atoms with Crippen molar-refractivity contribution in [1.29, 1.82) is 0 Å². The molecule has 0 spiro atoms. The molecule has 1 N–H and O–H groups in total. The van der Waals surface area contributed by atoms with Crippen molar-refractivity contribution in [3.05, 3.63) is 29.6 Å². The van der Waals surface area contributed by atoms with E-state index in [1.54, 1.807) is 0 Å². The fourth-order valence-electron chi connectivity index (χ4n) is 2.26. The number of hydrogen-bond acceptors (Lipinski definition) is 3. The third-order valence-electron chi connectivity index (χ3n) is 3.31. The van der Waals surface area contributed by atoms with Crippen LogP contribution in [-0.4, -0.2) is 24.8 Å². The van der Waals surface area contributed by atoms with E-state index >= 15 is 0 Å². The SMILES string of the molecule is COc1ccc(C(=O)C(=O)NC2CCCC2)cc1F. The number of hydrogen-bond donors (Lipinski definition) is 1. The summed E-state index contributed by atoms with van der Waals surface area (Å²) in [7, 11) is 1.34. The van der Waals surface area contributed by atoms with Gasteiger partial charge in [-0.2, -0.15) is 0 Å². The fourth-order valence-corrected chi connectivity index (χ4v) is 2.26. The number of carbonyl (C=O) groups excluding carboxylic acids is 2. The van der Waals surface area contributed by atoms with Gasteiger partial charge in [-0.3, -0.25) is 9.59 Å². The van der Waals surface area contributed by atoms with Crippen LogP contribution in [0.15, 0.2) is 18.2 Å². The molecule has 1 saturated carbocycles. The van der Waals surface area contributed by atoms with Crippen LogP contribution < -0.4 is 10.1 Å². The van der Waals surface area contributed by atoms with Crippen molar-refractivity contribution >= 4 is 11.7 Å². The van der Waals surface area contributed by atoms with Crippen molar-refractivity contribution in [3.8, 4) is 5.75 Å². The summed E-state index contributed by atoms with van der Waals surface area (Å²) < 4.78 is 18.2. The molecule has 4 nitrogen and oxygen atoms in total. The van der Waals surface area contributed by atoms with Crippen molar-refractivity contribution in [3.63, 3.8) is 0 Å². The summed E-state index contributed by atoms with van der Waals surface area (Å²) >= 11 is 0. The number of carbonyl (C=O) groups is 2. The second-order valence-corrected chi connectivity index (χ2v) is 4.63. The van der Waals surface area contributed by atoms with Crippen molar-refractivity contribution in [2.45, 2.75) is 31.7 Å². The highest BCUT2D eigenvalue weighted by molar-refractivity contribution is 6.42. The molecule has 0 aliphatic heterocycles. The van der Waals surface area contributed by atoms with Crippen LogP contribution in [0.4, 0.5) is 4.39 Å². The Morgan fingerprint density at radius 1 is 1.32 bits per heavy atom. The van der Waals surface area contributed by atoms with Gasteiger partial charge in [0.2, 0.25) is 5.78 Å². The minimum absolute atomic E-state index is 0.0359. The normalized spacial score (nSPS) is 15.3. The molecule has 1 aliphatic carbocycles. The average Bonchev–Trinajstić information content (AvgIpc) is 2.90. The Balaban J connectivity index is 2.05. The summed E-state index contributed by atoms with van der Waals surface area (Å²) in [5.74, 6) is -1.99. The minimum Gasteiger partial charge on any atom is -0.494 e. The zero-order valence-corrected chi connectivity index (χ0v) is 10.7. The van der Waals surface area contributed by atoms with Crippen molar-refractivity contribution in [2.75, 3.05) is 7.11 Å². The molecule has 1 fully saturated rings. The number of nitrogens with one attached hydrogen (secondary N) is 1. The molecular formula is C14H16FNO3. The Labute approximate surface area is 110 Å². The van der Waals surface area contributed by atoms with Gasteiger partial charge in [-0.15, -0.1) is 0 Å². The molecule has 0 atom stereocenters. The zero-order valence-electron chi connectivity index (χ0n) is 10.7. The van der Waals surface area contributed by atoms with Crippen molar-refractivity contribution in [2.24, 2.45) is 0 Å². The molecule has 1 aromatic rings. The van der Waals surface area contributed by atoms with Gasteiger partial charge in [-0.05, 0) is 31.0 Å². The van der Waals surface area contributed by atoms with Gasteiger partial charge in [0.1, 0.15) is 0 Å². The molecule has 0 unspecified atom stereocenters. The summed E-state index contributed by atoms with van der Waals surface area (Å²) in [6, 6.07) is 3.82. The number of benzene rings is 1. The third kappa shape index (κ3) is 3.10. The van der Waals surface area contributed by atoms with Gasteiger partial charge in [-0.1, -0.05) is 12.8 Å². The van der Waals surface area contributed by atoms with Crippen LogP contribution in [0.1, 0.15) is 36.0 Å².